The summed E-state index contributed by atoms with van der Waals surface area (Å²) in [6, 6.07) is 4.69. The number of nitrogens with one attached hydrogen (secondary N) is 1. The molecule has 26 heavy (non-hydrogen) atoms. The van der Waals surface area contributed by atoms with Gasteiger partial charge in [0.25, 0.3) is 5.91 Å². The summed E-state index contributed by atoms with van der Waals surface area (Å²) in [5, 5.41) is 8.96. The van der Waals surface area contributed by atoms with Gasteiger partial charge in [-0.2, -0.15) is 4.31 Å². The lowest BCUT2D eigenvalue weighted by Gasteiger charge is -2.40. The highest BCUT2D eigenvalue weighted by Gasteiger charge is 2.44. The first kappa shape index (κ1) is 20.2. The van der Waals surface area contributed by atoms with Gasteiger partial charge in [0.15, 0.2) is 0 Å². The molecule has 0 aromatic heterocycles. The minimum absolute atomic E-state index is 0.00486. The fourth-order valence-corrected chi connectivity index (χ4v) is 4.50. The Bertz CT molecular complexity index is 797. The number of hydroxylamine groups is 1. The molecule has 8 nitrogen and oxygen atoms in total. The van der Waals surface area contributed by atoms with Crippen molar-refractivity contribution in [2.24, 2.45) is 0 Å². The van der Waals surface area contributed by atoms with E-state index in [9.17, 15) is 13.2 Å². The van der Waals surface area contributed by atoms with E-state index in [1.54, 1.807) is 20.8 Å². The third kappa shape index (κ3) is 4.34. The molecule has 1 saturated heterocycles. The van der Waals surface area contributed by atoms with E-state index in [0.29, 0.717) is 5.75 Å². The molecule has 142 valence electrons. The van der Waals surface area contributed by atoms with Crippen molar-refractivity contribution in [2.75, 3.05) is 13.2 Å². The van der Waals surface area contributed by atoms with Gasteiger partial charge in [0.2, 0.25) is 10.0 Å². The highest BCUT2D eigenvalue weighted by Crippen LogP contribution is 2.27. The van der Waals surface area contributed by atoms with Crippen LogP contribution in [0.2, 0.25) is 0 Å². The number of morpholine rings is 1. The van der Waals surface area contributed by atoms with E-state index in [2.05, 4.69) is 11.8 Å². The van der Waals surface area contributed by atoms with E-state index in [1.807, 2.05) is 0 Å². The molecule has 3 atom stereocenters. The maximum absolute atomic E-state index is 13.0. The molecule has 1 aliphatic heterocycles. The van der Waals surface area contributed by atoms with Crippen molar-refractivity contribution in [2.45, 2.75) is 43.9 Å². The monoisotopic (exact) mass is 382 g/mol. The van der Waals surface area contributed by atoms with Crippen LogP contribution in [0.15, 0.2) is 29.2 Å². The molecule has 0 saturated carbocycles. The van der Waals surface area contributed by atoms with E-state index < -0.39 is 34.2 Å². The van der Waals surface area contributed by atoms with E-state index in [-0.39, 0.29) is 18.0 Å². The number of benzene rings is 1. The van der Waals surface area contributed by atoms with E-state index in [4.69, 9.17) is 14.7 Å². The number of carbonyl (C=O) groups is 1. The molecular formula is C17H22N2O6S. The molecule has 9 heteroatoms. The third-order valence-electron chi connectivity index (χ3n) is 3.94. The van der Waals surface area contributed by atoms with Crippen LogP contribution in [0.1, 0.15) is 20.8 Å². The van der Waals surface area contributed by atoms with Crippen LogP contribution >= 0.6 is 0 Å². The van der Waals surface area contributed by atoms with E-state index in [0.717, 1.165) is 4.31 Å². The van der Waals surface area contributed by atoms with Gasteiger partial charge >= 0.3 is 0 Å². The molecular weight excluding hydrogens is 360 g/mol. The van der Waals surface area contributed by atoms with Crippen LogP contribution in [-0.2, 0) is 19.6 Å². The van der Waals surface area contributed by atoms with Crippen molar-refractivity contribution in [3.05, 3.63) is 24.3 Å². The Morgan fingerprint density at radius 1 is 1.38 bits per heavy atom. The van der Waals surface area contributed by atoms with Gasteiger partial charge < -0.3 is 9.47 Å². The molecule has 1 heterocycles. The largest absolute Gasteiger partial charge is 0.481 e. The normalized spacial score (nSPS) is 23.6. The summed E-state index contributed by atoms with van der Waals surface area (Å²) in [7, 11) is -3.98. The van der Waals surface area contributed by atoms with Crippen LogP contribution in [0.5, 0.6) is 5.75 Å². The summed E-state index contributed by atoms with van der Waals surface area (Å²) in [5.41, 5.74) is 1.51. The van der Waals surface area contributed by atoms with Gasteiger partial charge in [-0.3, -0.25) is 10.0 Å². The molecule has 1 aromatic rings. The smallest absolute Gasteiger partial charge is 0.264 e. The fraction of sp³-hybridized carbons (Fsp3) is 0.471. The number of sulfonamides is 1. The van der Waals surface area contributed by atoms with Crippen LogP contribution in [0.3, 0.4) is 0 Å². The van der Waals surface area contributed by atoms with Crippen molar-refractivity contribution in [3.8, 4) is 17.6 Å². The van der Waals surface area contributed by atoms with Crippen LogP contribution in [0.4, 0.5) is 0 Å². The van der Waals surface area contributed by atoms with Gasteiger partial charge in [0.05, 0.1) is 17.1 Å². The van der Waals surface area contributed by atoms with Crippen molar-refractivity contribution >= 4 is 15.9 Å². The van der Waals surface area contributed by atoms with Crippen LogP contribution in [0.25, 0.3) is 0 Å². The number of rotatable bonds is 5. The average molecular weight is 382 g/mol. The molecule has 0 unspecified atom stereocenters. The second-order valence-electron chi connectivity index (χ2n) is 5.83. The topological polar surface area (TPSA) is 105 Å². The maximum atomic E-state index is 13.0. The fourth-order valence-electron chi connectivity index (χ4n) is 2.78. The SMILES string of the molecule is CC#CCOc1ccc(S(=O)(=O)N2C[C@H](C)O[C@@H](C)[C@@H]2C(=O)NO)cc1. The number of amides is 1. The maximum Gasteiger partial charge on any atom is 0.264 e. The highest BCUT2D eigenvalue weighted by molar-refractivity contribution is 7.89. The standard InChI is InChI=1S/C17H22N2O6S/c1-4-5-10-24-14-6-8-15(9-7-14)26(22,23)19-11-12(2)25-13(3)16(19)17(20)18-21/h6-9,12-13,16,21H,10-11H2,1-3H3,(H,18,20)/t12-,13-,16+/m0/s1. The number of hydrogen-bond donors (Lipinski definition) is 2. The molecule has 0 bridgehead atoms. The van der Waals surface area contributed by atoms with Crippen LogP contribution < -0.4 is 10.2 Å². The number of ether oxygens (including phenoxy) is 2. The van der Waals surface area contributed by atoms with Crippen molar-refractivity contribution in [1.29, 1.82) is 0 Å². The molecule has 1 amide bonds. The first-order valence-corrected chi connectivity index (χ1v) is 9.49. The summed E-state index contributed by atoms with van der Waals surface area (Å²) in [4.78, 5) is 12.0. The predicted molar refractivity (Wildman–Crippen MR) is 93.0 cm³/mol. The second-order valence-corrected chi connectivity index (χ2v) is 7.72. The van der Waals surface area contributed by atoms with Crippen LogP contribution in [-0.4, -0.2) is 55.2 Å². The Hall–Kier alpha value is -2.12. The number of carbonyl (C=O) groups excluding carboxylic acids is 1. The summed E-state index contributed by atoms with van der Waals surface area (Å²) in [5.74, 6) is 5.09. The average Bonchev–Trinajstić information content (AvgIpc) is 2.61. The molecule has 1 aromatic carbocycles. The Balaban J connectivity index is 2.30. The number of nitrogens with zero attached hydrogens (tertiary/aromatic N) is 1. The van der Waals surface area contributed by atoms with Gasteiger partial charge in [0, 0.05) is 6.54 Å². The van der Waals surface area contributed by atoms with Gasteiger partial charge in [-0.25, -0.2) is 13.9 Å². The molecule has 1 aliphatic rings. The van der Waals surface area contributed by atoms with Gasteiger partial charge in [0.1, 0.15) is 18.4 Å². The Labute approximate surface area is 153 Å². The lowest BCUT2D eigenvalue weighted by molar-refractivity contribution is -0.146. The zero-order chi connectivity index (χ0) is 19.3. The van der Waals surface area contributed by atoms with Gasteiger partial charge in [-0.15, -0.1) is 5.92 Å². The summed E-state index contributed by atoms with van der Waals surface area (Å²) >= 11 is 0. The van der Waals surface area contributed by atoms with E-state index >= 15 is 0 Å². The van der Waals surface area contributed by atoms with Crippen molar-refractivity contribution in [3.63, 3.8) is 0 Å². The van der Waals surface area contributed by atoms with E-state index in [1.165, 1.54) is 29.7 Å². The van der Waals surface area contributed by atoms with Gasteiger partial charge in [-0.05, 0) is 45.0 Å². The van der Waals surface area contributed by atoms with Crippen molar-refractivity contribution in [1.82, 2.24) is 9.79 Å². The third-order valence-corrected chi connectivity index (χ3v) is 5.80. The first-order chi connectivity index (χ1) is 12.3. The highest BCUT2D eigenvalue weighted by atomic mass is 32.2. The molecule has 2 rings (SSSR count). The Morgan fingerprint density at radius 2 is 2.04 bits per heavy atom. The second kappa shape index (κ2) is 8.51. The minimum atomic E-state index is -3.98. The van der Waals surface area contributed by atoms with Crippen LogP contribution in [0, 0.1) is 11.8 Å². The zero-order valence-corrected chi connectivity index (χ0v) is 15.6. The zero-order valence-electron chi connectivity index (χ0n) is 14.8. The quantitative estimate of drug-likeness (QED) is 0.443. The minimum Gasteiger partial charge on any atom is -0.481 e. The lowest BCUT2D eigenvalue weighted by atomic mass is 10.1. The molecule has 1 fully saturated rings. The molecule has 2 N–H and O–H groups in total. The molecule has 0 radical (unpaired) electrons. The molecule has 0 spiro atoms. The summed E-state index contributed by atoms with van der Waals surface area (Å²) in [6.07, 6.45) is -1.10. The predicted octanol–water partition coefficient (Wildman–Crippen LogP) is 0.761. The van der Waals surface area contributed by atoms with Crippen molar-refractivity contribution < 1.29 is 27.9 Å². The summed E-state index contributed by atoms with van der Waals surface area (Å²) in [6.45, 7) is 5.21. The molecule has 0 aliphatic carbocycles. The Morgan fingerprint density at radius 3 is 2.62 bits per heavy atom. The Kier molecular flexibility index (Phi) is 6.61. The first-order valence-electron chi connectivity index (χ1n) is 8.05. The van der Waals surface area contributed by atoms with Gasteiger partial charge in [-0.1, -0.05) is 5.92 Å². The summed E-state index contributed by atoms with van der Waals surface area (Å²) < 4.78 is 38.0. The number of hydrogen-bond acceptors (Lipinski definition) is 6. The lowest BCUT2D eigenvalue weighted by Crippen LogP contribution is -2.60.